The van der Waals surface area contributed by atoms with Crippen LogP contribution in [0.2, 0.25) is 0 Å². The number of amides is 1. The monoisotopic (exact) mass is 415 g/mol. The van der Waals surface area contributed by atoms with Crippen LogP contribution in [0, 0.1) is 5.92 Å². The zero-order valence-electron chi connectivity index (χ0n) is 15.1. The molecule has 0 radical (unpaired) electrons. The lowest BCUT2D eigenvalue weighted by Crippen LogP contribution is -2.42. The van der Waals surface area contributed by atoms with Gasteiger partial charge in [0.15, 0.2) is 5.82 Å². The first-order valence-corrected chi connectivity index (χ1v) is 10.2. The minimum absolute atomic E-state index is 0.214. The van der Waals surface area contributed by atoms with Crippen molar-refractivity contribution in [3.63, 3.8) is 0 Å². The van der Waals surface area contributed by atoms with E-state index in [-0.39, 0.29) is 5.03 Å². The Morgan fingerprint density at radius 3 is 2.57 bits per heavy atom. The fraction of sp³-hybridized carbons (Fsp3) is 0.400. The van der Waals surface area contributed by atoms with Crippen molar-refractivity contribution in [3.05, 3.63) is 52.6 Å². The summed E-state index contributed by atoms with van der Waals surface area (Å²) >= 11 is 12.9. The summed E-state index contributed by atoms with van der Waals surface area (Å²) in [6, 6.07) is 5.94. The van der Waals surface area contributed by atoms with Crippen LogP contribution >= 0.6 is 23.2 Å². The van der Waals surface area contributed by atoms with Crippen LogP contribution in [-0.4, -0.2) is 26.9 Å². The molecule has 5 rings (SSSR count). The van der Waals surface area contributed by atoms with Crippen molar-refractivity contribution in [2.24, 2.45) is 16.6 Å². The molecule has 28 heavy (non-hydrogen) atoms. The molecular weight excluding hydrogens is 397 g/mol. The van der Waals surface area contributed by atoms with Crippen LogP contribution in [0.15, 0.2) is 40.6 Å². The highest BCUT2D eigenvalue weighted by Crippen LogP contribution is 2.46. The van der Waals surface area contributed by atoms with E-state index in [1.165, 1.54) is 43.8 Å². The quantitative estimate of drug-likeness (QED) is 0.754. The summed E-state index contributed by atoms with van der Waals surface area (Å²) in [7, 11) is 0. The maximum atomic E-state index is 12.0. The second-order valence-electron chi connectivity index (χ2n) is 7.76. The molecule has 2 fully saturated rings. The van der Waals surface area contributed by atoms with E-state index in [0.717, 1.165) is 11.5 Å². The molecule has 0 saturated heterocycles. The Morgan fingerprint density at radius 2 is 1.96 bits per heavy atom. The van der Waals surface area contributed by atoms with E-state index in [9.17, 15) is 4.79 Å². The van der Waals surface area contributed by atoms with Gasteiger partial charge in [0.25, 0.3) is 0 Å². The van der Waals surface area contributed by atoms with Crippen LogP contribution in [-0.2, 0) is 9.67 Å². The third-order valence-electron chi connectivity index (χ3n) is 5.60. The highest BCUT2D eigenvalue weighted by Gasteiger charge is 2.45. The van der Waals surface area contributed by atoms with Gasteiger partial charge in [0, 0.05) is 36.1 Å². The van der Waals surface area contributed by atoms with Gasteiger partial charge in [-0.15, -0.1) is 11.6 Å². The predicted molar refractivity (Wildman–Crippen MR) is 108 cm³/mol. The molecule has 3 aliphatic rings. The van der Waals surface area contributed by atoms with Gasteiger partial charge in [-0.3, -0.25) is 9.79 Å². The summed E-state index contributed by atoms with van der Waals surface area (Å²) in [4.78, 5) is 19.4. The van der Waals surface area contributed by atoms with Gasteiger partial charge in [-0.2, -0.15) is 5.10 Å². The topological polar surface area (TPSA) is 86.2 Å². The second-order valence-corrected chi connectivity index (χ2v) is 8.82. The number of aromatic nitrogens is 3. The number of nitrogens with zero attached hydrogens (tertiary/aromatic N) is 4. The number of alkyl halides is 1. The molecule has 3 heterocycles. The van der Waals surface area contributed by atoms with E-state index in [1.54, 1.807) is 6.20 Å². The average molecular weight is 416 g/mol. The van der Waals surface area contributed by atoms with Gasteiger partial charge in [-0.05, 0) is 43.4 Å². The summed E-state index contributed by atoms with van der Waals surface area (Å²) in [6.07, 6.45) is 9.34. The van der Waals surface area contributed by atoms with E-state index in [0.29, 0.717) is 17.4 Å². The lowest BCUT2D eigenvalue weighted by atomic mass is 9.84. The fourth-order valence-electron chi connectivity index (χ4n) is 3.74. The van der Waals surface area contributed by atoms with Crippen molar-refractivity contribution >= 4 is 35.3 Å². The number of aliphatic imine (C=N–C) groups is 1. The van der Waals surface area contributed by atoms with Crippen LogP contribution in [0.1, 0.15) is 54.5 Å². The van der Waals surface area contributed by atoms with Gasteiger partial charge in [-0.25, -0.2) is 9.67 Å². The van der Waals surface area contributed by atoms with Crippen LogP contribution < -0.4 is 5.73 Å². The van der Waals surface area contributed by atoms with Crippen LogP contribution in [0.3, 0.4) is 0 Å². The molecule has 144 valence electrons. The van der Waals surface area contributed by atoms with Gasteiger partial charge in [-0.1, -0.05) is 17.7 Å². The van der Waals surface area contributed by atoms with Crippen molar-refractivity contribution in [2.75, 3.05) is 0 Å². The third kappa shape index (κ3) is 2.95. The Bertz CT molecular complexity index is 1000. The Morgan fingerprint density at radius 1 is 1.21 bits per heavy atom. The maximum absolute atomic E-state index is 12.0. The smallest absolute Gasteiger partial charge is 0.228 e. The van der Waals surface area contributed by atoms with E-state index in [2.05, 4.69) is 16.0 Å². The Kier molecular flexibility index (Phi) is 4.10. The second kappa shape index (κ2) is 6.42. The summed E-state index contributed by atoms with van der Waals surface area (Å²) in [5.41, 5.74) is 8.54. The molecule has 2 N–H and O–H groups in total. The van der Waals surface area contributed by atoms with Crippen molar-refractivity contribution in [2.45, 2.75) is 42.4 Å². The maximum Gasteiger partial charge on any atom is 0.228 e. The number of hydrogen-bond donors (Lipinski definition) is 1. The first kappa shape index (κ1) is 17.9. The Hall–Kier alpha value is -2.18. The molecule has 2 aromatic heterocycles. The molecule has 2 atom stereocenters. The van der Waals surface area contributed by atoms with Crippen molar-refractivity contribution in [1.29, 1.82) is 0 Å². The summed E-state index contributed by atoms with van der Waals surface area (Å²) in [5, 5.41) is 5.02. The van der Waals surface area contributed by atoms with Gasteiger partial charge in [0.1, 0.15) is 10.8 Å². The zero-order valence-corrected chi connectivity index (χ0v) is 16.6. The SMILES string of the molecule is NC(=O)C1C(Cl)=CN=CC1(Cl)c1ccc(-n2nc(C3CC3)cc2C2CC2)nc1. The molecule has 1 aliphatic heterocycles. The fourth-order valence-corrected chi connectivity index (χ4v) is 4.52. The molecule has 8 heteroatoms. The van der Waals surface area contributed by atoms with Gasteiger partial charge in [0.2, 0.25) is 5.91 Å². The number of carbonyl (C=O) groups is 1. The Labute approximate surface area is 172 Å². The zero-order chi connectivity index (χ0) is 19.5. The molecule has 0 spiro atoms. The number of pyridine rings is 1. The minimum Gasteiger partial charge on any atom is -0.369 e. The number of primary amides is 1. The van der Waals surface area contributed by atoms with Crippen molar-refractivity contribution in [1.82, 2.24) is 14.8 Å². The van der Waals surface area contributed by atoms with Gasteiger partial charge >= 0.3 is 0 Å². The molecule has 0 aromatic carbocycles. The lowest BCUT2D eigenvalue weighted by molar-refractivity contribution is -0.121. The van der Waals surface area contributed by atoms with Crippen molar-refractivity contribution in [3.8, 4) is 5.82 Å². The summed E-state index contributed by atoms with van der Waals surface area (Å²) in [5.74, 6) is 0.392. The first-order chi connectivity index (χ1) is 13.5. The minimum atomic E-state index is -1.26. The standard InChI is InChI=1S/C20H19Cl2N5O/c21-14-9-24-10-20(22,18(14)19(23)28)13-5-6-17(25-8-13)27-16(12-3-4-12)7-15(26-27)11-1-2-11/h5-12,18H,1-4H2,(H2,23,28). The van der Waals surface area contributed by atoms with E-state index in [1.807, 2.05) is 16.8 Å². The molecule has 6 nitrogen and oxygen atoms in total. The van der Waals surface area contributed by atoms with Crippen molar-refractivity contribution < 1.29 is 4.79 Å². The molecule has 1 amide bonds. The number of halogens is 2. The van der Waals surface area contributed by atoms with Crippen LogP contribution in [0.25, 0.3) is 5.82 Å². The normalized spacial score (nSPS) is 26.9. The first-order valence-electron chi connectivity index (χ1n) is 9.42. The lowest BCUT2D eigenvalue weighted by Gasteiger charge is -2.31. The molecular formula is C20H19Cl2N5O. The van der Waals surface area contributed by atoms with E-state index >= 15 is 0 Å². The Balaban J connectivity index is 1.51. The molecule has 2 aliphatic carbocycles. The highest BCUT2D eigenvalue weighted by molar-refractivity contribution is 6.38. The third-order valence-corrected chi connectivity index (χ3v) is 6.44. The average Bonchev–Trinajstić information content (AvgIpc) is 3.60. The van der Waals surface area contributed by atoms with Gasteiger partial charge in [0.05, 0.1) is 10.7 Å². The molecule has 2 saturated carbocycles. The summed E-state index contributed by atoms with van der Waals surface area (Å²) in [6.45, 7) is 0. The molecule has 2 aromatic rings. The highest BCUT2D eigenvalue weighted by atomic mass is 35.5. The molecule has 2 unspecified atom stereocenters. The van der Waals surface area contributed by atoms with Crippen LogP contribution in [0.5, 0.6) is 0 Å². The van der Waals surface area contributed by atoms with Gasteiger partial charge < -0.3 is 5.73 Å². The number of nitrogens with two attached hydrogens (primary N) is 1. The predicted octanol–water partition coefficient (Wildman–Crippen LogP) is 3.72. The number of rotatable bonds is 5. The van der Waals surface area contributed by atoms with E-state index in [4.69, 9.17) is 34.0 Å². The van der Waals surface area contributed by atoms with E-state index < -0.39 is 16.7 Å². The largest absolute Gasteiger partial charge is 0.369 e. The molecule has 0 bridgehead atoms. The van der Waals surface area contributed by atoms with Crippen LogP contribution in [0.4, 0.5) is 0 Å². The number of hydrogen-bond acceptors (Lipinski definition) is 4. The number of carbonyl (C=O) groups excluding carboxylic acids is 1. The summed E-state index contributed by atoms with van der Waals surface area (Å²) < 4.78 is 1.95.